The molecule has 0 amide bonds. The zero-order chi connectivity index (χ0) is 12.0. The molecule has 1 rings (SSSR count). The molecule has 1 aromatic carbocycles. The van der Waals surface area contributed by atoms with Crippen molar-refractivity contribution in [3.63, 3.8) is 0 Å². The Bertz CT molecular complexity index is 404. The molecule has 0 saturated heterocycles. The van der Waals surface area contributed by atoms with Gasteiger partial charge in [-0.3, -0.25) is 0 Å². The smallest absolute Gasteiger partial charge is 0.234 e. The molecule has 16 heavy (non-hydrogen) atoms. The monoisotopic (exact) mass is 237 g/mol. The molecule has 3 heteroatoms. The van der Waals surface area contributed by atoms with Crippen molar-refractivity contribution in [2.24, 2.45) is 0 Å². The van der Waals surface area contributed by atoms with Crippen LogP contribution in [0.25, 0.3) is 0 Å². The third-order valence-electron chi connectivity index (χ3n) is 2.03. The zero-order valence-corrected chi connectivity index (χ0v) is 10.1. The van der Waals surface area contributed by atoms with Crippen molar-refractivity contribution >= 4 is 11.6 Å². The van der Waals surface area contributed by atoms with Crippen LogP contribution < -0.4 is 4.74 Å². The third kappa shape index (κ3) is 3.36. The molecular weight excluding hydrogens is 224 g/mol. The van der Waals surface area contributed by atoms with Crippen molar-refractivity contribution in [2.45, 2.75) is 32.3 Å². The summed E-state index contributed by atoms with van der Waals surface area (Å²) in [5, 5.41) is 9.65. The molecule has 0 aliphatic carbocycles. The highest BCUT2D eigenvalue weighted by Gasteiger charge is 2.11. The van der Waals surface area contributed by atoms with Gasteiger partial charge in [0.1, 0.15) is 11.5 Å². The minimum atomic E-state index is -0.692. The first-order chi connectivity index (χ1) is 7.69. The molecule has 2 nitrogen and oxygen atoms in total. The van der Waals surface area contributed by atoms with Crippen LogP contribution in [0.3, 0.4) is 0 Å². The molecule has 0 aliphatic rings. The fourth-order valence-electron chi connectivity index (χ4n) is 1.36. The fraction of sp³-hybridized carbons (Fsp3) is 0.385. The SMILES string of the molecule is CC#CC(Cl)Oc1cc[c]c(O)c1CCC. The second kappa shape index (κ2) is 6.30. The van der Waals surface area contributed by atoms with E-state index in [1.165, 1.54) is 0 Å². The molecule has 0 aromatic heterocycles. The summed E-state index contributed by atoms with van der Waals surface area (Å²) in [6.07, 6.45) is 1.63. The van der Waals surface area contributed by atoms with Gasteiger partial charge in [0.15, 0.2) is 0 Å². The molecule has 0 bridgehead atoms. The van der Waals surface area contributed by atoms with Crippen LogP contribution in [0.1, 0.15) is 25.8 Å². The van der Waals surface area contributed by atoms with Gasteiger partial charge in [0, 0.05) is 11.6 Å². The molecule has 1 N–H and O–H groups in total. The van der Waals surface area contributed by atoms with E-state index in [1.807, 2.05) is 6.92 Å². The van der Waals surface area contributed by atoms with Gasteiger partial charge in [-0.25, -0.2) is 0 Å². The Balaban J connectivity index is 2.92. The summed E-state index contributed by atoms with van der Waals surface area (Å²) >= 11 is 5.85. The van der Waals surface area contributed by atoms with Crippen molar-refractivity contribution in [2.75, 3.05) is 0 Å². The highest BCUT2D eigenvalue weighted by Crippen LogP contribution is 2.29. The second-order valence-electron chi connectivity index (χ2n) is 3.25. The number of ether oxygens (including phenoxy) is 1. The van der Waals surface area contributed by atoms with Crippen molar-refractivity contribution in [3.05, 3.63) is 23.8 Å². The van der Waals surface area contributed by atoms with Gasteiger partial charge in [0.25, 0.3) is 0 Å². The summed E-state index contributed by atoms with van der Waals surface area (Å²) in [6, 6.07) is 6.06. The first-order valence-corrected chi connectivity index (χ1v) is 5.58. The summed E-state index contributed by atoms with van der Waals surface area (Å²) < 4.78 is 5.43. The Hall–Kier alpha value is -1.33. The predicted molar refractivity (Wildman–Crippen MR) is 64.7 cm³/mol. The van der Waals surface area contributed by atoms with Gasteiger partial charge in [0.05, 0.1) is 0 Å². The first-order valence-electron chi connectivity index (χ1n) is 5.14. The molecule has 0 heterocycles. The molecule has 85 valence electrons. The van der Waals surface area contributed by atoms with Crippen LogP contribution in [0.5, 0.6) is 11.5 Å². The number of alkyl halides is 1. The highest BCUT2D eigenvalue weighted by molar-refractivity contribution is 6.21. The Morgan fingerprint density at radius 1 is 1.62 bits per heavy atom. The van der Waals surface area contributed by atoms with Crippen molar-refractivity contribution in [1.29, 1.82) is 0 Å². The van der Waals surface area contributed by atoms with E-state index < -0.39 is 5.56 Å². The molecule has 1 radical (unpaired) electrons. The topological polar surface area (TPSA) is 29.5 Å². The van der Waals surface area contributed by atoms with Gasteiger partial charge < -0.3 is 9.84 Å². The van der Waals surface area contributed by atoms with Crippen LogP contribution >= 0.6 is 11.6 Å². The van der Waals surface area contributed by atoms with E-state index in [-0.39, 0.29) is 5.75 Å². The van der Waals surface area contributed by atoms with Crippen molar-refractivity contribution in [3.8, 4) is 23.3 Å². The van der Waals surface area contributed by atoms with Crippen molar-refractivity contribution < 1.29 is 9.84 Å². The Morgan fingerprint density at radius 3 is 3.00 bits per heavy atom. The number of hydrogen-bond acceptors (Lipinski definition) is 2. The summed E-state index contributed by atoms with van der Waals surface area (Å²) in [6.45, 7) is 3.72. The van der Waals surface area contributed by atoms with Crippen LogP contribution in [0.4, 0.5) is 0 Å². The second-order valence-corrected chi connectivity index (χ2v) is 3.64. The largest absolute Gasteiger partial charge is 0.507 e. The molecule has 1 atom stereocenters. The average Bonchev–Trinajstić information content (AvgIpc) is 2.23. The molecular formula is C13H14ClO2. The summed E-state index contributed by atoms with van der Waals surface area (Å²) in [5.41, 5.74) is 0.0379. The Morgan fingerprint density at radius 2 is 2.38 bits per heavy atom. The normalized spacial score (nSPS) is 11.4. The predicted octanol–water partition coefficient (Wildman–Crippen LogP) is 3.11. The molecule has 1 aromatic rings. The lowest BCUT2D eigenvalue weighted by Crippen LogP contribution is -2.07. The number of rotatable bonds is 4. The maximum Gasteiger partial charge on any atom is 0.234 e. The molecule has 0 fully saturated rings. The first kappa shape index (κ1) is 12.7. The Labute approximate surface area is 101 Å². The zero-order valence-electron chi connectivity index (χ0n) is 9.38. The van der Waals surface area contributed by atoms with Crippen LogP contribution in [0, 0.1) is 17.9 Å². The van der Waals surface area contributed by atoms with E-state index in [1.54, 1.807) is 19.1 Å². The minimum absolute atomic E-state index is 0.118. The maximum absolute atomic E-state index is 9.65. The summed E-state index contributed by atoms with van der Waals surface area (Å²) in [4.78, 5) is 0. The van der Waals surface area contributed by atoms with Gasteiger partial charge in [0.2, 0.25) is 5.56 Å². The van der Waals surface area contributed by atoms with E-state index in [0.29, 0.717) is 5.75 Å². The Kier molecular flexibility index (Phi) is 5.01. The number of benzene rings is 1. The fourth-order valence-corrected chi connectivity index (χ4v) is 1.56. The van der Waals surface area contributed by atoms with E-state index in [2.05, 4.69) is 17.9 Å². The van der Waals surface area contributed by atoms with E-state index in [9.17, 15) is 5.11 Å². The van der Waals surface area contributed by atoms with Gasteiger partial charge in [-0.05, 0) is 31.4 Å². The van der Waals surface area contributed by atoms with Crippen LogP contribution in [-0.2, 0) is 6.42 Å². The van der Waals surface area contributed by atoms with Gasteiger partial charge in [-0.15, -0.1) is 5.92 Å². The standard InChI is InChI=1S/C13H14ClO2/c1-3-6-10-11(15)8-5-9-12(10)16-13(14)7-4-2/h5,9,13,15H,3,6H2,1-2H3. The number of hydrogen-bond donors (Lipinski definition) is 1. The summed E-state index contributed by atoms with van der Waals surface area (Å²) in [7, 11) is 0. The van der Waals surface area contributed by atoms with Gasteiger partial charge in [-0.2, -0.15) is 0 Å². The van der Waals surface area contributed by atoms with Crippen LogP contribution in [0.2, 0.25) is 0 Å². The van der Waals surface area contributed by atoms with Crippen molar-refractivity contribution in [1.82, 2.24) is 0 Å². The lowest BCUT2D eigenvalue weighted by molar-refractivity contribution is 0.327. The van der Waals surface area contributed by atoms with Crippen LogP contribution in [-0.4, -0.2) is 10.7 Å². The lowest BCUT2D eigenvalue weighted by Gasteiger charge is -2.12. The number of aromatic hydroxyl groups is 1. The molecule has 0 aliphatic heterocycles. The quantitative estimate of drug-likeness (QED) is 0.644. The van der Waals surface area contributed by atoms with Gasteiger partial charge >= 0.3 is 0 Å². The molecule has 0 saturated carbocycles. The highest BCUT2D eigenvalue weighted by atomic mass is 35.5. The third-order valence-corrected chi connectivity index (χ3v) is 2.22. The van der Waals surface area contributed by atoms with E-state index in [0.717, 1.165) is 18.4 Å². The van der Waals surface area contributed by atoms with E-state index in [4.69, 9.17) is 16.3 Å². The number of phenols is 1. The van der Waals surface area contributed by atoms with Crippen LogP contribution in [0.15, 0.2) is 12.1 Å². The van der Waals surface area contributed by atoms with Gasteiger partial charge in [-0.1, -0.05) is 24.9 Å². The van der Waals surface area contributed by atoms with E-state index >= 15 is 0 Å². The lowest BCUT2D eigenvalue weighted by atomic mass is 10.1. The maximum atomic E-state index is 9.65. The number of phenolic OH excluding ortho intramolecular Hbond substituents is 1. The molecule has 0 spiro atoms. The number of halogens is 1. The average molecular weight is 238 g/mol. The minimum Gasteiger partial charge on any atom is -0.507 e. The molecule has 1 unspecified atom stereocenters. The summed E-state index contributed by atoms with van der Waals surface area (Å²) in [5.74, 6) is 6.05.